The first kappa shape index (κ1) is 20.5. The summed E-state index contributed by atoms with van der Waals surface area (Å²) >= 11 is 0. The zero-order valence-electron chi connectivity index (χ0n) is 15.6. The van der Waals surface area contributed by atoms with E-state index in [0.717, 1.165) is 5.56 Å². The monoisotopic (exact) mass is 380 g/mol. The van der Waals surface area contributed by atoms with Crippen LogP contribution in [0.15, 0.2) is 54.1 Å². The second-order valence-electron chi connectivity index (χ2n) is 5.61. The molecule has 0 saturated carbocycles. The third kappa shape index (κ3) is 5.88. The first-order valence-corrected chi connectivity index (χ1v) is 8.39. The van der Waals surface area contributed by atoms with Gasteiger partial charge in [0.2, 0.25) is 0 Å². The van der Waals surface area contributed by atoms with Crippen molar-refractivity contribution in [2.45, 2.75) is 6.54 Å². The molecule has 0 aromatic heterocycles. The summed E-state index contributed by atoms with van der Waals surface area (Å²) in [4.78, 5) is 23.5. The number of nitriles is 1. The Balaban J connectivity index is 2.11. The minimum absolute atomic E-state index is 0.0405. The zero-order chi connectivity index (χ0) is 20.4. The van der Waals surface area contributed by atoms with Gasteiger partial charge in [0.05, 0.1) is 14.2 Å². The summed E-state index contributed by atoms with van der Waals surface area (Å²) in [7, 11) is 2.72. The molecule has 1 N–H and O–H groups in total. The second kappa shape index (κ2) is 10.4. The molecule has 144 valence electrons. The fourth-order valence-electron chi connectivity index (χ4n) is 2.28. The first-order valence-electron chi connectivity index (χ1n) is 8.39. The van der Waals surface area contributed by atoms with Crippen LogP contribution in [0.25, 0.3) is 6.08 Å². The molecule has 2 aromatic carbocycles. The highest BCUT2D eigenvalue weighted by atomic mass is 16.6. The van der Waals surface area contributed by atoms with Crippen LogP contribution in [0.1, 0.15) is 11.1 Å². The Morgan fingerprint density at radius 2 is 1.86 bits per heavy atom. The lowest BCUT2D eigenvalue weighted by Crippen LogP contribution is -2.23. The number of amides is 1. The normalized spacial score (nSPS) is 10.5. The summed E-state index contributed by atoms with van der Waals surface area (Å²) in [5, 5.41) is 12.0. The maximum Gasteiger partial charge on any atom is 0.343 e. The van der Waals surface area contributed by atoms with E-state index in [4.69, 9.17) is 9.47 Å². The van der Waals surface area contributed by atoms with Crippen LogP contribution in [0.4, 0.5) is 0 Å². The number of benzene rings is 2. The van der Waals surface area contributed by atoms with Crippen LogP contribution < -0.4 is 14.8 Å². The van der Waals surface area contributed by atoms with E-state index in [1.54, 1.807) is 18.2 Å². The molecular formula is C21H20N2O5. The van der Waals surface area contributed by atoms with E-state index >= 15 is 0 Å². The van der Waals surface area contributed by atoms with Crippen molar-refractivity contribution < 1.29 is 23.8 Å². The van der Waals surface area contributed by atoms with Crippen LogP contribution in [0.3, 0.4) is 0 Å². The fourth-order valence-corrected chi connectivity index (χ4v) is 2.28. The SMILES string of the molecule is COC(=O)COc1ccc(/C=C(/C#N)C(=O)NCc2ccccc2)cc1OC. The number of hydrogen-bond acceptors (Lipinski definition) is 6. The van der Waals surface area contributed by atoms with Gasteiger partial charge in [-0.05, 0) is 29.3 Å². The van der Waals surface area contributed by atoms with Crippen molar-refractivity contribution in [3.63, 3.8) is 0 Å². The Morgan fingerprint density at radius 3 is 2.50 bits per heavy atom. The topological polar surface area (TPSA) is 97.7 Å². The van der Waals surface area contributed by atoms with Crippen molar-refractivity contribution in [3.8, 4) is 17.6 Å². The Kier molecular flexibility index (Phi) is 7.61. The van der Waals surface area contributed by atoms with Gasteiger partial charge in [-0.1, -0.05) is 36.4 Å². The predicted octanol–water partition coefficient (Wildman–Crippen LogP) is 2.47. The number of methoxy groups -OCH3 is 2. The molecule has 0 atom stereocenters. The van der Waals surface area contributed by atoms with E-state index in [1.165, 1.54) is 20.3 Å². The van der Waals surface area contributed by atoms with E-state index in [9.17, 15) is 14.9 Å². The quantitative estimate of drug-likeness (QED) is 0.429. The summed E-state index contributed by atoms with van der Waals surface area (Å²) in [6.07, 6.45) is 1.45. The number of carbonyl (C=O) groups is 2. The minimum atomic E-state index is -0.520. The Bertz CT molecular complexity index is 901. The van der Waals surface area contributed by atoms with Gasteiger partial charge in [-0.15, -0.1) is 0 Å². The summed E-state index contributed by atoms with van der Waals surface area (Å²) in [6, 6.07) is 16.1. The zero-order valence-corrected chi connectivity index (χ0v) is 15.6. The molecular weight excluding hydrogens is 360 g/mol. The predicted molar refractivity (Wildman–Crippen MR) is 102 cm³/mol. The first-order chi connectivity index (χ1) is 13.6. The van der Waals surface area contributed by atoms with Crippen molar-refractivity contribution in [3.05, 3.63) is 65.2 Å². The van der Waals surface area contributed by atoms with Gasteiger partial charge < -0.3 is 19.5 Å². The Hall–Kier alpha value is -3.79. The molecule has 28 heavy (non-hydrogen) atoms. The second-order valence-corrected chi connectivity index (χ2v) is 5.61. The molecule has 7 nitrogen and oxygen atoms in total. The molecule has 0 bridgehead atoms. The van der Waals surface area contributed by atoms with Gasteiger partial charge in [0.1, 0.15) is 11.6 Å². The van der Waals surface area contributed by atoms with Crippen molar-refractivity contribution in [1.29, 1.82) is 5.26 Å². The minimum Gasteiger partial charge on any atom is -0.493 e. The number of esters is 1. The molecule has 1 amide bonds. The summed E-state index contributed by atoms with van der Waals surface area (Å²) < 4.78 is 15.1. The average molecular weight is 380 g/mol. The van der Waals surface area contributed by atoms with E-state index in [0.29, 0.717) is 23.6 Å². The van der Waals surface area contributed by atoms with Gasteiger partial charge in [0.25, 0.3) is 5.91 Å². The molecule has 2 aromatic rings. The maximum absolute atomic E-state index is 12.3. The molecule has 7 heteroatoms. The van der Waals surface area contributed by atoms with Gasteiger partial charge >= 0.3 is 5.97 Å². The van der Waals surface area contributed by atoms with Gasteiger partial charge in [-0.25, -0.2) is 4.79 Å². The lowest BCUT2D eigenvalue weighted by molar-refractivity contribution is -0.142. The number of hydrogen-bond donors (Lipinski definition) is 1. The van der Waals surface area contributed by atoms with Crippen LogP contribution in [-0.2, 0) is 20.9 Å². The molecule has 0 spiro atoms. The van der Waals surface area contributed by atoms with Gasteiger partial charge in [-0.2, -0.15) is 5.26 Å². The molecule has 0 fully saturated rings. The number of carbonyl (C=O) groups excluding carboxylic acids is 2. The van der Waals surface area contributed by atoms with Gasteiger partial charge in [-0.3, -0.25) is 4.79 Å². The van der Waals surface area contributed by atoms with Crippen molar-refractivity contribution >= 4 is 18.0 Å². The smallest absolute Gasteiger partial charge is 0.343 e. The van der Waals surface area contributed by atoms with E-state index in [2.05, 4.69) is 10.1 Å². The standard InChI is InChI=1S/C21H20N2O5/c1-26-19-11-16(8-9-18(19)28-14-20(24)27-2)10-17(12-22)21(25)23-13-15-6-4-3-5-7-15/h3-11H,13-14H2,1-2H3,(H,23,25)/b17-10-. The molecule has 0 saturated heterocycles. The highest BCUT2D eigenvalue weighted by Crippen LogP contribution is 2.29. The molecule has 0 aliphatic carbocycles. The van der Waals surface area contributed by atoms with Crippen LogP contribution in [0.2, 0.25) is 0 Å². The van der Waals surface area contributed by atoms with E-state index < -0.39 is 11.9 Å². The Labute approximate surface area is 163 Å². The lowest BCUT2D eigenvalue weighted by Gasteiger charge is -2.10. The van der Waals surface area contributed by atoms with Crippen molar-refractivity contribution in [2.75, 3.05) is 20.8 Å². The average Bonchev–Trinajstić information content (AvgIpc) is 2.74. The largest absolute Gasteiger partial charge is 0.493 e. The van der Waals surface area contributed by atoms with Crippen LogP contribution >= 0.6 is 0 Å². The molecule has 0 aliphatic heterocycles. The van der Waals surface area contributed by atoms with E-state index in [1.807, 2.05) is 36.4 Å². The summed E-state index contributed by atoms with van der Waals surface area (Å²) in [6.45, 7) is 0.0652. The highest BCUT2D eigenvalue weighted by molar-refractivity contribution is 6.01. The van der Waals surface area contributed by atoms with Crippen LogP contribution in [0, 0.1) is 11.3 Å². The number of ether oxygens (including phenoxy) is 3. The third-order valence-corrected chi connectivity index (χ3v) is 3.73. The number of nitrogens with zero attached hydrogens (tertiary/aromatic N) is 1. The summed E-state index contributed by atoms with van der Waals surface area (Å²) in [5.41, 5.74) is 1.47. The maximum atomic E-state index is 12.3. The van der Waals surface area contributed by atoms with Gasteiger partial charge in [0.15, 0.2) is 18.1 Å². The van der Waals surface area contributed by atoms with Crippen LogP contribution in [-0.4, -0.2) is 32.7 Å². The molecule has 0 radical (unpaired) electrons. The molecule has 0 aliphatic rings. The van der Waals surface area contributed by atoms with Crippen molar-refractivity contribution in [2.24, 2.45) is 0 Å². The lowest BCUT2D eigenvalue weighted by atomic mass is 10.1. The molecule has 0 heterocycles. The van der Waals surface area contributed by atoms with E-state index in [-0.39, 0.29) is 12.2 Å². The van der Waals surface area contributed by atoms with Crippen LogP contribution in [0.5, 0.6) is 11.5 Å². The third-order valence-electron chi connectivity index (χ3n) is 3.73. The number of rotatable bonds is 8. The molecule has 2 rings (SSSR count). The van der Waals surface area contributed by atoms with Crippen molar-refractivity contribution in [1.82, 2.24) is 5.32 Å². The number of nitrogens with one attached hydrogen (secondary N) is 1. The highest BCUT2D eigenvalue weighted by Gasteiger charge is 2.11. The summed E-state index contributed by atoms with van der Waals surface area (Å²) in [5.74, 6) is -0.291. The van der Waals surface area contributed by atoms with Gasteiger partial charge in [0, 0.05) is 6.54 Å². The fraction of sp³-hybridized carbons (Fsp3) is 0.190. The Morgan fingerprint density at radius 1 is 1.11 bits per heavy atom. The molecule has 0 unspecified atom stereocenters.